The molecule has 0 saturated heterocycles. The van der Waals surface area contributed by atoms with Crippen LogP contribution in [0.1, 0.15) is 10.4 Å². The molecule has 0 unspecified atom stereocenters. The smallest absolute Gasteiger partial charge is 0.328 e. The van der Waals surface area contributed by atoms with Crippen LogP contribution >= 0.6 is 11.3 Å². The number of benzene rings is 2. The molecule has 0 spiro atoms. The number of aromatic nitrogens is 3. The van der Waals surface area contributed by atoms with E-state index in [2.05, 4.69) is 20.3 Å². The summed E-state index contributed by atoms with van der Waals surface area (Å²) in [6.07, 6.45) is 1.14. The molecule has 2 aromatic heterocycles. The van der Waals surface area contributed by atoms with Crippen molar-refractivity contribution in [2.24, 2.45) is 0 Å². The quantitative estimate of drug-likeness (QED) is 0.417. The molecular weight excluding hydrogens is 468 g/mol. The van der Waals surface area contributed by atoms with Crippen LogP contribution in [0.3, 0.4) is 0 Å². The number of carbonyl (C=O) groups excluding carboxylic acids is 1. The number of carbonyl (C=O) groups is 1. The molecule has 0 aliphatic heterocycles. The lowest BCUT2D eigenvalue weighted by atomic mass is 10.2. The fourth-order valence-electron chi connectivity index (χ4n) is 2.83. The average Bonchev–Trinajstić information content (AvgIpc) is 3.20. The van der Waals surface area contributed by atoms with Crippen LogP contribution in [0.2, 0.25) is 0 Å². The Morgan fingerprint density at radius 1 is 0.970 bits per heavy atom. The van der Waals surface area contributed by atoms with Gasteiger partial charge >= 0.3 is 6.01 Å². The largest absolute Gasteiger partial charge is 0.481 e. The van der Waals surface area contributed by atoms with Crippen molar-refractivity contribution in [1.82, 2.24) is 15.0 Å². The minimum atomic E-state index is -3.35. The van der Waals surface area contributed by atoms with Gasteiger partial charge in [0.15, 0.2) is 15.0 Å². The molecule has 2 aromatic carbocycles. The average molecular weight is 487 g/mol. The van der Waals surface area contributed by atoms with E-state index >= 15 is 0 Å². The number of thiazole rings is 1. The molecule has 12 heteroatoms. The molecule has 4 rings (SSSR count). The van der Waals surface area contributed by atoms with Gasteiger partial charge in [0, 0.05) is 6.26 Å². The molecule has 2 heterocycles. The highest BCUT2D eigenvalue weighted by Crippen LogP contribution is 2.30. The van der Waals surface area contributed by atoms with E-state index in [4.69, 9.17) is 14.2 Å². The standard InChI is InChI=1S/C21H18N4O6S2/c1-29-17-11-18(30-2)24-20(23-17)31-15-7-5-4-6-13(15)19(26)25-21-22-14-9-8-12(33(3,27)28)10-16(14)32-21/h4-11H,1-3H3,(H,22,25,26). The normalized spacial score (nSPS) is 11.2. The van der Waals surface area contributed by atoms with Crippen molar-refractivity contribution in [3.05, 3.63) is 54.1 Å². The third kappa shape index (κ3) is 5.02. The number of nitrogens with one attached hydrogen (secondary N) is 1. The van der Waals surface area contributed by atoms with Gasteiger partial charge in [0.1, 0.15) is 5.75 Å². The van der Waals surface area contributed by atoms with Crippen molar-refractivity contribution < 1.29 is 27.4 Å². The summed E-state index contributed by atoms with van der Waals surface area (Å²) in [5, 5.41) is 3.04. The second kappa shape index (κ2) is 9.00. The summed E-state index contributed by atoms with van der Waals surface area (Å²) in [5.74, 6) is 0.220. The second-order valence-electron chi connectivity index (χ2n) is 6.71. The molecule has 1 N–H and O–H groups in total. The van der Waals surface area contributed by atoms with Gasteiger partial charge in [0.05, 0.1) is 41.0 Å². The van der Waals surface area contributed by atoms with Crippen LogP contribution in [0, 0.1) is 0 Å². The van der Waals surface area contributed by atoms with Crippen molar-refractivity contribution in [3.63, 3.8) is 0 Å². The molecule has 4 aromatic rings. The first kappa shape index (κ1) is 22.4. The SMILES string of the molecule is COc1cc(OC)nc(Oc2ccccc2C(=O)Nc2nc3ccc(S(C)(=O)=O)cc3s2)n1. The number of nitrogens with zero attached hydrogens (tertiary/aromatic N) is 3. The van der Waals surface area contributed by atoms with E-state index in [0.717, 1.165) is 17.6 Å². The number of hydrogen-bond donors (Lipinski definition) is 1. The number of ether oxygens (including phenoxy) is 3. The highest BCUT2D eigenvalue weighted by Gasteiger charge is 2.18. The van der Waals surface area contributed by atoms with Crippen LogP contribution in [-0.2, 0) is 9.84 Å². The maximum atomic E-state index is 13.0. The topological polar surface area (TPSA) is 130 Å². The Hall–Kier alpha value is -3.77. The van der Waals surface area contributed by atoms with E-state index < -0.39 is 15.7 Å². The summed E-state index contributed by atoms with van der Waals surface area (Å²) < 4.78 is 40.2. The van der Waals surface area contributed by atoms with Gasteiger partial charge in [0.2, 0.25) is 11.8 Å². The number of sulfone groups is 1. The molecule has 10 nitrogen and oxygen atoms in total. The lowest BCUT2D eigenvalue weighted by Crippen LogP contribution is -2.13. The van der Waals surface area contributed by atoms with Gasteiger partial charge in [0.25, 0.3) is 5.91 Å². The first-order valence-electron chi connectivity index (χ1n) is 9.43. The fraction of sp³-hybridized carbons (Fsp3) is 0.143. The van der Waals surface area contributed by atoms with Crippen LogP contribution in [-0.4, -0.2) is 49.8 Å². The molecule has 0 saturated carbocycles. The number of rotatable bonds is 7. The lowest BCUT2D eigenvalue weighted by Gasteiger charge is -2.10. The van der Waals surface area contributed by atoms with Gasteiger partial charge in [-0.25, -0.2) is 13.4 Å². The van der Waals surface area contributed by atoms with Gasteiger partial charge in [-0.2, -0.15) is 9.97 Å². The fourth-order valence-corrected chi connectivity index (χ4v) is 4.46. The van der Waals surface area contributed by atoms with E-state index in [1.54, 1.807) is 30.3 Å². The highest BCUT2D eigenvalue weighted by molar-refractivity contribution is 7.90. The molecule has 0 radical (unpaired) electrons. The zero-order chi connectivity index (χ0) is 23.6. The summed E-state index contributed by atoms with van der Waals surface area (Å²) in [6.45, 7) is 0. The second-order valence-corrected chi connectivity index (χ2v) is 9.75. The predicted molar refractivity (Wildman–Crippen MR) is 122 cm³/mol. The maximum Gasteiger partial charge on any atom is 0.328 e. The van der Waals surface area contributed by atoms with Gasteiger partial charge in [-0.1, -0.05) is 23.5 Å². The summed E-state index contributed by atoms with van der Waals surface area (Å²) >= 11 is 1.16. The minimum Gasteiger partial charge on any atom is -0.481 e. The van der Waals surface area contributed by atoms with Gasteiger partial charge < -0.3 is 14.2 Å². The zero-order valence-corrected chi connectivity index (χ0v) is 19.4. The van der Waals surface area contributed by atoms with Gasteiger partial charge in [-0.15, -0.1) is 0 Å². The third-order valence-electron chi connectivity index (χ3n) is 4.42. The van der Waals surface area contributed by atoms with Crippen molar-refractivity contribution in [1.29, 1.82) is 0 Å². The van der Waals surface area contributed by atoms with Crippen molar-refractivity contribution in [2.75, 3.05) is 25.8 Å². The Balaban J connectivity index is 1.60. The summed E-state index contributed by atoms with van der Waals surface area (Å²) in [6, 6.07) is 12.6. The number of hydrogen-bond acceptors (Lipinski definition) is 10. The minimum absolute atomic E-state index is 0.0558. The first-order chi connectivity index (χ1) is 15.8. The van der Waals surface area contributed by atoms with Crippen LogP contribution in [0.25, 0.3) is 10.2 Å². The Morgan fingerprint density at radius 2 is 1.67 bits per heavy atom. The van der Waals surface area contributed by atoms with E-state index in [-0.39, 0.29) is 34.0 Å². The van der Waals surface area contributed by atoms with E-state index in [9.17, 15) is 13.2 Å². The van der Waals surface area contributed by atoms with Gasteiger partial charge in [-0.05, 0) is 30.3 Å². The molecule has 1 amide bonds. The molecule has 33 heavy (non-hydrogen) atoms. The number of fused-ring (bicyclic) bond motifs is 1. The molecule has 0 fully saturated rings. The molecule has 0 bridgehead atoms. The van der Waals surface area contributed by atoms with Crippen molar-refractivity contribution in [3.8, 4) is 23.5 Å². The van der Waals surface area contributed by atoms with E-state index in [1.165, 1.54) is 32.4 Å². The maximum absolute atomic E-state index is 13.0. The third-order valence-corrected chi connectivity index (χ3v) is 6.46. The number of para-hydroxylation sites is 1. The van der Waals surface area contributed by atoms with Gasteiger partial charge in [-0.3, -0.25) is 10.1 Å². The highest BCUT2D eigenvalue weighted by atomic mass is 32.2. The van der Waals surface area contributed by atoms with Crippen LogP contribution in [0.15, 0.2) is 53.4 Å². The zero-order valence-electron chi connectivity index (χ0n) is 17.7. The van der Waals surface area contributed by atoms with Crippen LogP contribution < -0.4 is 19.5 Å². The van der Waals surface area contributed by atoms with Crippen molar-refractivity contribution in [2.45, 2.75) is 4.90 Å². The first-order valence-corrected chi connectivity index (χ1v) is 12.1. The Morgan fingerprint density at radius 3 is 2.33 bits per heavy atom. The Labute approximate surface area is 193 Å². The number of anilines is 1. The molecule has 0 aliphatic carbocycles. The van der Waals surface area contributed by atoms with Crippen LogP contribution in [0.5, 0.6) is 23.5 Å². The Kier molecular flexibility index (Phi) is 6.11. The molecule has 0 aliphatic rings. The molecular formula is C21H18N4O6S2. The molecule has 170 valence electrons. The van der Waals surface area contributed by atoms with Crippen molar-refractivity contribution >= 4 is 42.4 Å². The summed E-state index contributed by atoms with van der Waals surface area (Å²) in [5.41, 5.74) is 0.795. The lowest BCUT2D eigenvalue weighted by molar-refractivity contribution is 0.102. The molecule has 0 atom stereocenters. The van der Waals surface area contributed by atoms with E-state index in [1.807, 2.05) is 0 Å². The summed E-state index contributed by atoms with van der Waals surface area (Å²) in [4.78, 5) is 25.7. The number of amides is 1. The van der Waals surface area contributed by atoms with Crippen LogP contribution in [0.4, 0.5) is 5.13 Å². The Bertz CT molecular complexity index is 1430. The predicted octanol–water partition coefficient (Wildman–Crippen LogP) is 3.55. The number of methoxy groups -OCH3 is 2. The monoisotopic (exact) mass is 486 g/mol. The summed E-state index contributed by atoms with van der Waals surface area (Å²) in [7, 11) is -0.455. The van der Waals surface area contributed by atoms with E-state index in [0.29, 0.717) is 15.3 Å².